The molecule has 2 aliphatic rings. The molecule has 0 bridgehead atoms. The summed E-state index contributed by atoms with van der Waals surface area (Å²) in [5, 5.41) is 41.3. The van der Waals surface area contributed by atoms with Crippen molar-refractivity contribution in [2.24, 2.45) is 0 Å². The zero-order chi connectivity index (χ0) is 28.4. The molecular weight excluding hydrogens is 520 g/mol. The fraction of sp³-hybridized carbons (Fsp3) is 0.367. The molecule has 10 nitrogen and oxygen atoms in total. The average molecular weight is 553 g/mol. The minimum Gasteiger partial charge on any atom is -0.507 e. The Morgan fingerprint density at radius 1 is 0.850 bits per heavy atom. The molecule has 0 saturated heterocycles. The van der Waals surface area contributed by atoms with Gasteiger partial charge in [0, 0.05) is 17.7 Å². The van der Waals surface area contributed by atoms with Gasteiger partial charge in [-0.25, -0.2) is 0 Å². The Morgan fingerprint density at radius 3 is 2.35 bits per heavy atom. The van der Waals surface area contributed by atoms with Crippen LogP contribution in [0.2, 0.25) is 0 Å². The predicted octanol–water partition coefficient (Wildman–Crippen LogP) is 4.23. The van der Waals surface area contributed by atoms with E-state index in [2.05, 4.69) is 6.92 Å². The third-order valence-corrected chi connectivity index (χ3v) is 7.01. The number of unbranched alkanes of at least 4 members (excludes halogenated alkanes) is 2. The average Bonchev–Trinajstić information content (AvgIpc) is 2.96. The summed E-state index contributed by atoms with van der Waals surface area (Å²) in [4.78, 5) is 13.1. The Morgan fingerprint density at radius 2 is 1.60 bits per heavy atom. The molecule has 40 heavy (non-hydrogen) atoms. The van der Waals surface area contributed by atoms with Gasteiger partial charge in [-0.2, -0.15) is 0 Å². The zero-order valence-electron chi connectivity index (χ0n) is 22.2. The van der Waals surface area contributed by atoms with Gasteiger partial charge in [-0.1, -0.05) is 31.9 Å². The van der Waals surface area contributed by atoms with E-state index in [-0.39, 0.29) is 35.2 Å². The van der Waals surface area contributed by atoms with Gasteiger partial charge >= 0.3 is 0 Å². The molecule has 0 amide bonds. The molecule has 2 heterocycles. The molecule has 3 aromatic carbocycles. The first-order chi connectivity index (χ1) is 19.3. The molecule has 0 aliphatic carbocycles. The van der Waals surface area contributed by atoms with Crippen molar-refractivity contribution >= 4 is 5.78 Å². The van der Waals surface area contributed by atoms with Gasteiger partial charge in [0.05, 0.1) is 20.3 Å². The number of methoxy groups -OCH3 is 1. The number of aliphatic hydroxyl groups excluding tert-OH is 2. The molecular formula is C30H32O10. The van der Waals surface area contributed by atoms with E-state index in [4.69, 9.17) is 23.7 Å². The van der Waals surface area contributed by atoms with E-state index in [0.717, 1.165) is 19.3 Å². The molecule has 10 heteroatoms. The van der Waals surface area contributed by atoms with Crippen LogP contribution >= 0.6 is 0 Å². The van der Waals surface area contributed by atoms with Crippen LogP contribution in [-0.2, 0) is 0 Å². The second-order valence-electron chi connectivity index (χ2n) is 9.73. The summed E-state index contributed by atoms with van der Waals surface area (Å²) in [6, 6.07) is 12.4. The Kier molecular flexibility index (Phi) is 7.90. The number of aromatic hydroxyl groups is 2. The maximum atomic E-state index is 13.1. The molecule has 0 radical (unpaired) electrons. The number of carbonyl (C=O) groups excluding carboxylic acids is 1. The topological polar surface area (TPSA) is 144 Å². The van der Waals surface area contributed by atoms with Crippen molar-refractivity contribution in [3.8, 4) is 40.2 Å². The van der Waals surface area contributed by atoms with Crippen molar-refractivity contribution in [3.63, 3.8) is 0 Å². The third kappa shape index (κ3) is 5.20. The highest BCUT2D eigenvalue weighted by Gasteiger charge is 2.40. The molecule has 2 unspecified atom stereocenters. The van der Waals surface area contributed by atoms with Gasteiger partial charge < -0.3 is 44.1 Å². The summed E-state index contributed by atoms with van der Waals surface area (Å²) >= 11 is 0. The van der Waals surface area contributed by atoms with Crippen LogP contribution in [0.3, 0.4) is 0 Å². The molecule has 4 atom stereocenters. The van der Waals surface area contributed by atoms with Crippen LogP contribution in [0.5, 0.6) is 40.2 Å². The fourth-order valence-electron chi connectivity index (χ4n) is 4.89. The van der Waals surface area contributed by atoms with Crippen LogP contribution in [-0.4, -0.2) is 58.7 Å². The second-order valence-corrected chi connectivity index (χ2v) is 9.73. The molecule has 0 aromatic heterocycles. The molecule has 5 rings (SSSR count). The lowest BCUT2D eigenvalue weighted by molar-refractivity contribution is -0.0130. The number of hydrogen-bond donors (Lipinski definition) is 4. The number of aliphatic hydroxyl groups is 2. The quantitative estimate of drug-likeness (QED) is 0.285. The van der Waals surface area contributed by atoms with Crippen molar-refractivity contribution in [2.45, 2.75) is 50.6 Å². The van der Waals surface area contributed by atoms with E-state index in [1.54, 1.807) is 30.3 Å². The van der Waals surface area contributed by atoms with Gasteiger partial charge in [-0.15, -0.1) is 0 Å². The van der Waals surface area contributed by atoms with Gasteiger partial charge in [0.1, 0.15) is 22.8 Å². The number of ketones is 1. The van der Waals surface area contributed by atoms with Crippen LogP contribution in [0.25, 0.3) is 0 Å². The van der Waals surface area contributed by atoms with Crippen LogP contribution in [0, 0.1) is 0 Å². The maximum absolute atomic E-state index is 13.1. The Hall–Kier alpha value is -4.15. The van der Waals surface area contributed by atoms with Gasteiger partial charge in [0.2, 0.25) is 5.78 Å². The molecule has 3 aromatic rings. The highest BCUT2D eigenvalue weighted by atomic mass is 16.6. The number of benzene rings is 3. The van der Waals surface area contributed by atoms with E-state index >= 15 is 0 Å². The molecule has 0 spiro atoms. The maximum Gasteiger partial charge on any atom is 0.202 e. The Labute approximate surface area is 231 Å². The van der Waals surface area contributed by atoms with E-state index < -0.39 is 30.2 Å². The SMILES string of the molecule is CCCCCOc1cc(O)c2c(c1)O[C@H](c1ccc3c(c1)OC(c1ccc(O)c(OC)c1)C(CO)O3)[C@@H](O)C2=O. The normalized spacial score (nSPS) is 21.4. The number of Topliss-reactive ketones (excluding diaryl/α,β-unsaturated/α-hetero) is 1. The summed E-state index contributed by atoms with van der Waals surface area (Å²) < 4.78 is 29.2. The highest BCUT2D eigenvalue weighted by Crippen LogP contribution is 2.46. The minimum atomic E-state index is -1.58. The summed E-state index contributed by atoms with van der Waals surface area (Å²) in [6.45, 7) is 2.21. The van der Waals surface area contributed by atoms with Crippen LogP contribution in [0.4, 0.5) is 0 Å². The lowest BCUT2D eigenvalue weighted by Gasteiger charge is -2.35. The van der Waals surface area contributed by atoms with E-state index in [1.807, 2.05) is 0 Å². The van der Waals surface area contributed by atoms with E-state index in [1.165, 1.54) is 25.3 Å². The zero-order valence-corrected chi connectivity index (χ0v) is 22.2. The van der Waals surface area contributed by atoms with Crippen molar-refractivity contribution in [3.05, 3.63) is 65.2 Å². The Balaban J connectivity index is 1.43. The number of rotatable bonds is 9. The summed E-state index contributed by atoms with van der Waals surface area (Å²) in [7, 11) is 1.43. The van der Waals surface area contributed by atoms with E-state index in [9.17, 15) is 25.2 Å². The number of ether oxygens (including phenoxy) is 5. The number of phenols is 2. The first kappa shape index (κ1) is 27.4. The van der Waals surface area contributed by atoms with Gasteiger partial charge in [0.15, 0.2) is 47.4 Å². The monoisotopic (exact) mass is 552 g/mol. The molecule has 4 N–H and O–H groups in total. The third-order valence-electron chi connectivity index (χ3n) is 7.01. The van der Waals surface area contributed by atoms with Crippen molar-refractivity contribution in [1.82, 2.24) is 0 Å². The number of fused-ring (bicyclic) bond motifs is 2. The first-order valence-electron chi connectivity index (χ1n) is 13.2. The van der Waals surface area contributed by atoms with Crippen LogP contribution in [0.1, 0.15) is 59.9 Å². The smallest absolute Gasteiger partial charge is 0.202 e. The van der Waals surface area contributed by atoms with Crippen LogP contribution < -0.4 is 23.7 Å². The van der Waals surface area contributed by atoms with Crippen LogP contribution in [0.15, 0.2) is 48.5 Å². The standard InChI is InChI=1S/C30H32O10/c1-3-4-5-10-37-18-13-20(33)26-24(14-18)40-30(28(35)27(26)34)17-7-9-21-23(12-17)39-29(25(15-31)38-21)16-6-8-19(32)22(11-16)36-2/h6-9,11-14,25,28-33,35H,3-5,10,15H2,1-2H3/t25?,28-,29?,30+/m0/s1. The number of phenolic OH excluding ortho intramolecular Hbond substituents is 2. The molecule has 2 aliphatic heterocycles. The highest BCUT2D eigenvalue weighted by molar-refractivity contribution is 6.05. The van der Waals surface area contributed by atoms with Gasteiger partial charge in [-0.05, 0) is 36.2 Å². The predicted molar refractivity (Wildman–Crippen MR) is 143 cm³/mol. The number of hydrogen-bond acceptors (Lipinski definition) is 10. The Bertz CT molecular complexity index is 1390. The van der Waals surface area contributed by atoms with Crippen molar-refractivity contribution in [2.75, 3.05) is 20.3 Å². The molecule has 0 fully saturated rings. The summed E-state index contributed by atoms with van der Waals surface area (Å²) in [5.41, 5.74) is 0.936. The van der Waals surface area contributed by atoms with Crippen molar-refractivity contribution < 1.29 is 48.9 Å². The molecule has 0 saturated carbocycles. The lowest BCUT2D eigenvalue weighted by atomic mass is 9.92. The van der Waals surface area contributed by atoms with Gasteiger partial charge in [0.25, 0.3) is 0 Å². The molecule has 212 valence electrons. The van der Waals surface area contributed by atoms with Gasteiger partial charge in [-0.3, -0.25) is 4.79 Å². The summed E-state index contributed by atoms with van der Waals surface area (Å²) in [6.07, 6.45) is -1.27. The minimum absolute atomic E-state index is 0.0415. The lowest BCUT2D eigenvalue weighted by Crippen LogP contribution is -2.37. The largest absolute Gasteiger partial charge is 0.507 e. The second kappa shape index (κ2) is 11.5. The summed E-state index contributed by atoms with van der Waals surface area (Å²) in [5.74, 6) is 0.340. The first-order valence-corrected chi connectivity index (χ1v) is 13.2. The fourth-order valence-corrected chi connectivity index (χ4v) is 4.89. The number of carbonyl (C=O) groups is 1. The van der Waals surface area contributed by atoms with E-state index in [0.29, 0.717) is 35.0 Å². The van der Waals surface area contributed by atoms with Crippen molar-refractivity contribution in [1.29, 1.82) is 0 Å².